The first kappa shape index (κ1) is 12.6. The van der Waals surface area contributed by atoms with Crippen molar-refractivity contribution in [3.63, 3.8) is 0 Å². The van der Waals surface area contributed by atoms with E-state index in [4.69, 9.17) is 5.73 Å². The van der Waals surface area contributed by atoms with Gasteiger partial charge in [0.2, 0.25) is 11.8 Å². The third-order valence-corrected chi connectivity index (χ3v) is 4.46. The van der Waals surface area contributed by atoms with Gasteiger partial charge in [0.1, 0.15) is 0 Å². The molecule has 0 bridgehead atoms. The molecule has 0 aromatic heterocycles. The fourth-order valence-electron chi connectivity index (χ4n) is 2.95. The summed E-state index contributed by atoms with van der Waals surface area (Å²) in [5, 5.41) is 0. The fourth-order valence-corrected chi connectivity index (χ4v) is 2.95. The number of likely N-dealkylation sites (tertiary alicyclic amines) is 1. The average Bonchev–Trinajstić information content (AvgIpc) is 2.90. The fraction of sp³-hybridized carbons (Fsp3) is 0.846. The largest absolute Gasteiger partial charge is 0.326 e. The number of imide groups is 1. The molecular weight excluding hydrogens is 216 g/mol. The van der Waals surface area contributed by atoms with Crippen molar-refractivity contribution in [1.82, 2.24) is 4.90 Å². The van der Waals surface area contributed by atoms with E-state index in [1.54, 1.807) is 0 Å². The molecule has 1 heterocycles. The van der Waals surface area contributed by atoms with Gasteiger partial charge in [0.15, 0.2) is 0 Å². The van der Waals surface area contributed by atoms with Gasteiger partial charge in [-0.2, -0.15) is 0 Å². The maximum absolute atomic E-state index is 11.9. The lowest BCUT2D eigenvalue weighted by molar-refractivity contribution is -0.140. The van der Waals surface area contributed by atoms with Gasteiger partial charge in [-0.15, -0.1) is 0 Å². The molecule has 2 amide bonds. The van der Waals surface area contributed by atoms with Crippen LogP contribution in [0.15, 0.2) is 0 Å². The Morgan fingerprint density at radius 1 is 1.18 bits per heavy atom. The second-order valence-corrected chi connectivity index (χ2v) is 5.57. The average molecular weight is 238 g/mol. The van der Waals surface area contributed by atoms with Gasteiger partial charge in [0, 0.05) is 24.4 Å². The summed E-state index contributed by atoms with van der Waals surface area (Å²) in [4.78, 5) is 25.2. The van der Waals surface area contributed by atoms with E-state index in [9.17, 15) is 9.59 Å². The molecule has 17 heavy (non-hydrogen) atoms. The number of amides is 2. The van der Waals surface area contributed by atoms with E-state index in [1.807, 2.05) is 13.8 Å². The highest BCUT2D eigenvalue weighted by molar-refractivity contribution is 6.04. The Kier molecular flexibility index (Phi) is 3.52. The Morgan fingerprint density at radius 3 is 2.12 bits per heavy atom. The summed E-state index contributed by atoms with van der Waals surface area (Å²) in [7, 11) is 0. The molecule has 0 aromatic rings. The molecule has 3 unspecified atom stereocenters. The van der Waals surface area contributed by atoms with E-state index in [-0.39, 0.29) is 29.7 Å². The summed E-state index contributed by atoms with van der Waals surface area (Å²) >= 11 is 0. The molecule has 1 aliphatic carbocycles. The first-order valence-corrected chi connectivity index (χ1v) is 6.63. The lowest BCUT2D eigenvalue weighted by Gasteiger charge is -2.24. The second kappa shape index (κ2) is 4.77. The van der Waals surface area contributed by atoms with E-state index in [0.717, 1.165) is 12.8 Å². The number of nitrogens with zero attached hydrogens (tertiary/aromatic N) is 1. The second-order valence-electron chi connectivity index (χ2n) is 5.57. The lowest BCUT2D eigenvalue weighted by Crippen LogP contribution is -2.44. The van der Waals surface area contributed by atoms with Gasteiger partial charge in [0.05, 0.1) is 0 Å². The summed E-state index contributed by atoms with van der Waals surface area (Å²) in [5.74, 6) is 0.0327. The summed E-state index contributed by atoms with van der Waals surface area (Å²) in [6.45, 7) is 4.06. The van der Waals surface area contributed by atoms with Crippen LogP contribution in [0.3, 0.4) is 0 Å². The van der Waals surface area contributed by atoms with Crippen LogP contribution in [0.5, 0.6) is 0 Å². The smallest absolute Gasteiger partial charge is 0.232 e. The Balaban J connectivity index is 1.98. The summed E-state index contributed by atoms with van der Waals surface area (Å²) in [5.41, 5.74) is 6.13. The van der Waals surface area contributed by atoms with E-state index in [0.29, 0.717) is 12.5 Å². The molecule has 0 radical (unpaired) electrons. The summed E-state index contributed by atoms with van der Waals surface area (Å²) < 4.78 is 0. The zero-order valence-electron chi connectivity index (χ0n) is 10.7. The Hall–Kier alpha value is -0.900. The molecule has 1 saturated carbocycles. The summed E-state index contributed by atoms with van der Waals surface area (Å²) in [6, 6.07) is -0.0390. The molecule has 2 fully saturated rings. The standard InChI is InChI=1S/C13H22N2O2/c1-8-9(2)13(17)15(12(8)16)7-11(14)10-5-3-4-6-10/h8-11H,3-7,14H2,1-2H3. The molecule has 4 nitrogen and oxygen atoms in total. The van der Waals surface area contributed by atoms with E-state index < -0.39 is 0 Å². The number of carbonyl (C=O) groups excluding carboxylic acids is 2. The van der Waals surface area contributed by atoms with Crippen molar-refractivity contribution in [2.24, 2.45) is 23.5 Å². The highest BCUT2D eigenvalue weighted by Crippen LogP contribution is 2.30. The van der Waals surface area contributed by atoms with Crippen LogP contribution in [-0.4, -0.2) is 29.3 Å². The van der Waals surface area contributed by atoms with Crippen LogP contribution in [-0.2, 0) is 9.59 Å². The van der Waals surface area contributed by atoms with Crippen molar-refractivity contribution in [3.05, 3.63) is 0 Å². The Morgan fingerprint density at radius 2 is 1.65 bits per heavy atom. The number of hydrogen-bond donors (Lipinski definition) is 1. The van der Waals surface area contributed by atoms with Gasteiger partial charge in [-0.3, -0.25) is 14.5 Å². The molecule has 2 rings (SSSR count). The molecule has 3 atom stereocenters. The van der Waals surface area contributed by atoms with Crippen LogP contribution in [0.4, 0.5) is 0 Å². The van der Waals surface area contributed by atoms with Gasteiger partial charge in [-0.1, -0.05) is 26.7 Å². The van der Waals surface area contributed by atoms with Crippen LogP contribution in [0, 0.1) is 17.8 Å². The van der Waals surface area contributed by atoms with Crippen molar-refractivity contribution >= 4 is 11.8 Å². The lowest BCUT2D eigenvalue weighted by atomic mass is 9.98. The molecule has 2 aliphatic rings. The molecule has 0 spiro atoms. The normalized spacial score (nSPS) is 32.5. The van der Waals surface area contributed by atoms with Crippen molar-refractivity contribution in [3.8, 4) is 0 Å². The third-order valence-electron chi connectivity index (χ3n) is 4.46. The van der Waals surface area contributed by atoms with Crippen LogP contribution in [0.2, 0.25) is 0 Å². The Bertz CT molecular complexity index is 303. The number of carbonyl (C=O) groups is 2. The summed E-state index contributed by atoms with van der Waals surface area (Å²) in [6.07, 6.45) is 4.74. The molecule has 4 heteroatoms. The van der Waals surface area contributed by atoms with E-state index in [1.165, 1.54) is 17.7 Å². The maximum atomic E-state index is 11.9. The van der Waals surface area contributed by atoms with Crippen molar-refractivity contribution in [2.75, 3.05) is 6.54 Å². The predicted molar refractivity (Wildman–Crippen MR) is 65.0 cm³/mol. The molecular formula is C13H22N2O2. The first-order chi connectivity index (χ1) is 8.02. The van der Waals surface area contributed by atoms with Crippen LogP contribution in [0.25, 0.3) is 0 Å². The minimum Gasteiger partial charge on any atom is -0.326 e. The maximum Gasteiger partial charge on any atom is 0.232 e. The van der Waals surface area contributed by atoms with Crippen LogP contribution < -0.4 is 5.73 Å². The van der Waals surface area contributed by atoms with Crippen LogP contribution in [0.1, 0.15) is 39.5 Å². The first-order valence-electron chi connectivity index (χ1n) is 6.63. The highest BCUT2D eigenvalue weighted by Gasteiger charge is 2.43. The van der Waals surface area contributed by atoms with Crippen molar-refractivity contribution in [1.29, 1.82) is 0 Å². The molecule has 1 saturated heterocycles. The van der Waals surface area contributed by atoms with Gasteiger partial charge < -0.3 is 5.73 Å². The van der Waals surface area contributed by atoms with Crippen molar-refractivity contribution in [2.45, 2.75) is 45.6 Å². The number of rotatable bonds is 3. The molecule has 2 N–H and O–H groups in total. The molecule has 0 aromatic carbocycles. The van der Waals surface area contributed by atoms with Crippen molar-refractivity contribution < 1.29 is 9.59 Å². The highest BCUT2D eigenvalue weighted by atomic mass is 16.2. The number of hydrogen-bond acceptors (Lipinski definition) is 3. The van der Waals surface area contributed by atoms with E-state index >= 15 is 0 Å². The molecule has 1 aliphatic heterocycles. The van der Waals surface area contributed by atoms with Crippen LogP contribution >= 0.6 is 0 Å². The third kappa shape index (κ3) is 2.23. The Labute approximate surface area is 103 Å². The zero-order chi connectivity index (χ0) is 12.6. The van der Waals surface area contributed by atoms with Gasteiger partial charge in [-0.25, -0.2) is 0 Å². The zero-order valence-corrected chi connectivity index (χ0v) is 10.7. The van der Waals surface area contributed by atoms with E-state index in [2.05, 4.69) is 0 Å². The SMILES string of the molecule is CC1C(=O)N(CC(N)C2CCCC2)C(=O)C1C. The number of nitrogens with two attached hydrogens (primary N) is 1. The van der Waals surface area contributed by atoms with Gasteiger partial charge >= 0.3 is 0 Å². The topological polar surface area (TPSA) is 63.4 Å². The quantitative estimate of drug-likeness (QED) is 0.750. The molecule has 96 valence electrons. The van der Waals surface area contributed by atoms with Gasteiger partial charge in [0.25, 0.3) is 0 Å². The monoisotopic (exact) mass is 238 g/mol. The van der Waals surface area contributed by atoms with Gasteiger partial charge in [-0.05, 0) is 18.8 Å². The predicted octanol–water partition coefficient (Wildman–Crippen LogP) is 1.14. The minimum atomic E-state index is -0.182. The minimum absolute atomic E-state index is 0.0390.